The first-order valence-corrected chi connectivity index (χ1v) is 7.13. The van der Waals surface area contributed by atoms with Gasteiger partial charge >= 0.3 is 12.0 Å². The second kappa shape index (κ2) is 6.43. The Morgan fingerprint density at radius 1 is 1.40 bits per heavy atom. The predicted octanol–water partition coefficient (Wildman–Crippen LogP) is 1.38. The maximum atomic E-state index is 12.6. The van der Waals surface area contributed by atoms with Crippen LogP contribution in [-0.4, -0.2) is 63.8 Å². The predicted molar refractivity (Wildman–Crippen MR) is 75.5 cm³/mol. The summed E-state index contributed by atoms with van der Waals surface area (Å²) in [5.74, 6) is -0.962. The topological polar surface area (TPSA) is 81.1 Å². The summed E-state index contributed by atoms with van der Waals surface area (Å²) in [7, 11) is 0. The lowest BCUT2D eigenvalue weighted by atomic mass is 9.76. The summed E-state index contributed by atoms with van der Waals surface area (Å²) in [5, 5.41) is 18.6. The van der Waals surface area contributed by atoms with Crippen molar-refractivity contribution in [2.45, 2.75) is 52.6 Å². The number of carbonyl (C=O) groups is 2. The Kier molecular flexibility index (Phi) is 5.39. The summed E-state index contributed by atoms with van der Waals surface area (Å²) in [5.41, 5.74) is -0.443. The quantitative estimate of drug-likeness (QED) is 0.818. The van der Waals surface area contributed by atoms with Crippen LogP contribution in [0, 0.1) is 5.41 Å². The van der Waals surface area contributed by atoms with E-state index in [4.69, 9.17) is 5.11 Å². The van der Waals surface area contributed by atoms with Crippen molar-refractivity contribution in [3.63, 3.8) is 0 Å². The number of hydrogen-bond acceptors (Lipinski definition) is 3. The van der Waals surface area contributed by atoms with Crippen LogP contribution in [0.3, 0.4) is 0 Å². The molecule has 0 aromatic rings. The minimum Gasteiger partial charge on any atom is -0.480 e. The Morgan fingerprint density at radius 2 is 2.00 bits per heavy atom. The SMILES string of the molecule is CC(C)N(CCO)C(=O)N1CCCC(C)(C)C1C(=O)O. The van der Waals surface area contributed by atoms with Gasteiger partial charge in [-0.2, -0.15) is 0 Å². The molecule has 116 valence electrons. The molecule has 2 N–H and O–H groups in total. The van der Waals surface area contributed by atoms with Crippen LogP contribution >= 0.6 is 0 Å². The first kappa shape index (κ1) is 16.8. The molecule has 1 aliphatic heterocycles. The lowest BCUT2D eigenvalue weighted by Gasteiger charge is -2.46. The van der Waals surface area contributed by atoms with Gasteiger partial charge in [0.15, 0.2) is 0 Å². The van der Waals surface area contributed by atoms with Crippen LogP contribution in [0.25, 0.3) is 0 Å². The number of carboxylic acids is 1. The number of amides is 2. The largest absolute Gasteiger partial charge is 0.480 e. The Labute approximate surface area is 120 Å². The Balaban J connectivity index is 3.01. The van der Waals surface area contributed by atoms with E-state index in [0.717, 1.165) is 12.8 Å². The molecule has 2 amide bonds. The Hall–Kier alpha value is -1.30. The van der Waals surface area contributed by atoms with Gasteiger partial charge < -0.3 is 20.0 Å². The molecular formula is C14H26N2O4. The molecule has 1 saturated heterocycles. The summed E-state index contributed by atoms with van der Waals surface area (Å²) in [6.45, 7) is 8.04. The number of likely N-dealkylation sites (tertiary alicyclic amines) is 1. The fourth-order valence-electron chi connectivity index (χ4n) is 2.91. The van der Waals surface area contributed by atoms with E-state index in [1.807, 2.05) is 27.7 Å². The summed E-state index contributed by atoms with van der Waals surface area (Å²) < 4.78 is 0. The maximum absolute atomic E-state index is 12.6. The molecule has 0 bridgehead atoms. The van der Waals surface area contributed by atoms with E-state index in [9.17, 15) is 14.7 Å². The van der Waals surface area contributed by atoms with Gasteiger partial charge in [-0.25, -0.2) is 9.59 Å². The van der Waals surface area contributed by atoms with Gasteiger partial charge in [0.25, 0.3) is 0 Å². The van der Waals surface area contributed by atoms with Gasteiger partial charge in [0.1, 0.15) is 6.04 Å². The molecule has 1 heterocycles. The summed E-state index contributed by atoms with van der Waals surface area (Å²) in [4.78, 5) is 27.2. The number of aliphatic hydroxyl groups is 1. The molecule has 1 unspecified atom stereocenters. The first-order valence-electron chi connectivity index (χ1n) is 7.13. The summed E-state index contributed by atoms with van der Waals surface area (Å²) >= 11 is 0. The van der Waals surface area contributed by atoms with Crippen molar-refractivity contribution < 1.29 is 19.8 Å². The summed E-state index contributed by atoms with van der Waals surface area (Å²) in [6, 6.07) is -1.19. The standard InChI is InChI=1S/C14H26N2O4/c1-10(2)15(8-9-17)13(20)16-7-5-6-14(3,4)11(16)12(18)19/h10-11,17H,5-9H2,1-4H3,(H,18,19). The van der Waals surface area contributed by atoms with E-state index in [0.29, 0.717) is 6.54 Å². The van der Waals surface area contributed by atoms with Crippen molar-refractivity contribution in [2.24, 2.45) is 5.41 Å². The molecule has 0 spiro atoms. The van der Waals surface area contributed by atoms with Crippen LogP contribution in [0.5, 0.6) is 0 Å². The van der Waals surface area contributed by atoms with Gasteiger partial charge in [0, 0.05) is 19.1 Å². The van der Waals surface area contributed by atoms with Crippen molar-refractivity contribution in [2.75, 3.05) is 19.7 Å². The van der Waals surface area contributed by atoms with Gasteiger partial charge in [-0.1, -0.05) is 13.8 Å². The molecule has 0 aromatic heterocycles. The van der Waals surface area contributed by atoms with E-state index >= 15 is 0 Å². The molecule has 6 nitrogen and oxygen atoms in total. The number of hydrogen-bond donors (Lipinski definition) is 2. The van der Waals surface area contributed by atoms with Crippen LogP contribution in [-0.2, 0) is 4.79 Å². The van der Waals surface area contributed by atoms with Crippen molar-refractivity contribution in [3.05, 3.63) is 0 Å². The van der Waals surface area contributed by atoms with E-state index in [1.165, 1.54) is 9.80 Å². The minimum absolute atomic E-state index is 0.0749. The van der Waals surface area contributed by atoms with Crippen LogP contribution in [0.15, 0.2) is 0 Å². The van der Waals surface area contributed by atoms with Crippen LogP contribution in [0.4, 0.5) is 4.79 Å². The van der Waals surface area contributed by atoms with E-state index < -0.39 is 17.4 Å². The fourth-order valence-corrected chi connectivity index (χ4v) is 2.91. The van der Waals surface area contributed by atoms with Crippen molar-refractivity contribution in [1.82, 2.24) is 9.80 Å². The number of aliphatic carboxylic acids is 1. The highest BCUT2D eigenvalue weighted by Crippen LogP contribution is 2.35. The average Bonchev–Trinajstić information content (AvgIpc) is 2.32. The first-order chi connectivity index (χ1) is 9.22. The van der Waals surface area contributed by atoms with Crippen molar-refractivity contribution in [1.29, 1.82) is 0 Å². The highest BCUT2D eigenvalue weighted by molar-refractivity contribution is 5.83. The third-order valence-electron chi connectivity index (χ3n) is 3.96. The van der Waals surface area contributed by atoms with E-state index in [1.54, 1.807) is 0 Å². The van der Waals surface area contributed by atoms with E-state index in [-0.39, 0.29) is 25.2 Å². The fraction of sp³-hybridized carbons (Fsp3) is 0.857. The molecule has 0 aliphatic carbocycles. The number of rotatable bonds is 4. The third-order valence-corrected chi connectivity index (χ3v) is 3.96. The molecule has 0 radical (unpaired) electrons. The van der Waals surface area contributed by atoms with Crippen molar-refractivity contribution in [3.8, 4) is 0 Å². The molecule has 1 atom stereocenters. The highest BCUT2D eigenvalue weighted by Gasteiger charge is 2.45. The molecular weight excluding hydrogens is 260 g/mol. The number of piperidine rings is 1. The van der Waals surface area contributed by atoms with Gasteiger partial charge in [0.2, 0.25) is 0 Å². The lowest BCUT2D eigenvalue weighted by molar-refractivity contribution is -0.148. The smallest absolute Gasteiger partial charge is 0.327 e. The number of nitrogens with zero attached hydrogens (tertiary/aromatic N) is 2. The highest BCUT2D eigenvalue weighted by atomic mass is 16.4. The number of carbonyl (C=O) groups excluding carboxylic acids is 1. The van der Waals surface area contributed by atoms with Gasteiger partial charge in [0.05, 0.1) is 6.61 Å². The second-order valence-corrected chi connectivity index (χ2v) is 6.32. The molecule has 1 aliphatic rings. The Morgan fingerprint density at radius 3 is 2.45 bits per heavy atom. The zero-order valence-electron chi connectivity index (χ0n) is 12.8. The number of aliphatic hydroxyl groups excluding tert-OH is 1. The van der Waals surface area contributed by atoms with Crippen LogP contribution in [0.1, 0.15) is 40.5 Å². The minimum atomic E-state index is -0.962. The van der Waals surface area contributed by atoms with Gasteiger partial charge in [-0.15, -0.1) is 0 Å². The molecule has 0 saturated carbocycles. The zero-order chi connectivity index (χ0) is 15.5. The monoisotopic (exact) mass is 286 g/mol. The lowest BCUT2D eigenvalue weighted by Crippen LogP contribution is -2.60. The second-order valence-electron chi connectivity index (χ2n) is 6.32. The van der Waals surface area contributed by atoms with E-state index in [2.05, 4.69) is 0 Å². The van der Waals surface area contributed by atoms with Gasteiger partial charge in [-0.05, 0) is 32.1 Å². The van der Waals surface area contributed by atoms with Crippen molar-refractivity contribution >= 4 is 12.0 Å². The molecule has 20 heavy (non-hydrogen) atoms. The van der Waals surface area contributed by atoms with Crippen LogP contribution in [0.2, 0.25) is 0 Å². The molecule has 1 rings (SSSR count). The summed E-state index contributed by atoms with van der Waals surface area (Å²) in [6.07, 6.45) is 1.59. The van der Waals surface area contributed by atoms with Crippen LogP contribution < -0.4 is 0 Å². The zero-order valence-corrected chi connectivity index (χ0v) is 12.8. The normalized spacial score (nSPS) is 21.9. The average molecular weight is 286 g/mol. The van der Waals surface area contributed by atoms with Gasteiger partial charge in [-0.3, -0.25) is 0 Å². The molecule has 6 heteroatoms. The Bertz CT molecular complexity index is 368. The molecule has 0 aromatic carbocycles. The maximum Gasteiger partial charge on any atom is 0.327 e. The number of urea groups is 1. The molecule has 1 fully saturated rings. The number of carboxylic acid groups (broad SMARTS) is 1. The third kappa shape index (κ3) is 3.42.